The maximum atomic E-state index is 13.1. The van der Waals surface area contributed by atoms with Crippen LogP contribution in [0.2, 0.25) is 15.1 Å². The first-order chi connectivity index (χ1) is 13.6. The molecule has 0 amide bonds. The molecule has 0 aliphatic heterocycles. The van der Waals surface area contributed by atoms with Gasteiger partial charge in [0.05, 0.1) is 10.6 Å². The second-order valence-electron chi connectivity index (χ2n) is 5.98. The third-order valence-electron chi connectivity index (χ3n) is 3.79. The van der Waals surface area contributed by atoms with Crippen LogP contribution in [0.5, 0.6) is 0 Å². The highest BCUT2D eigenvalue weighted by atomic mass is 35.5. The van der Waals surface area contributed by atoms with E-state index in [1.54, 1.807) is 31.2 Å². The number of anilines is 2. The van der Waals surface area contributed by atoms with Gasteiger partial charge in [0, 0.05) is 33.2 Å². The molecule has 0 saturated heterocycles. The van der Waals surface area contributed by atoms with Crippen LogP contribution in [0.3, 0.4) is 0 Å². The number of thioether (sulfide) groups is 1. The van der Waals surface area contributed by atoms with Crippen molar-refractivity contribution in [2.24, 2.45) is 0 Å². The van der Waals surface area contributed by atoms with E-state index in [2.05, 4.69) is 15.3 Å². The summed E-state index contributed by atoms with van der Waals surface area (Å²) in [4.78, 5) is 8.70. The van der Waals surface area contributed by atoms with Crippen LogP contribution in [0.1, 0.15) is 16.8 Å². The molecule has 1 aromatic heterocycles. The summed E-state index contributed by atoms with van der Waals surface area (Å²) in [6.45, 7) is 1.77. The van der Waals surface area contributed by atoms with Crippen molar-refractivity contribution in [3.63, 3.8) is 0 Å². The molecular weight excluding hydrogens is 466 g/mol. The Morgan fingerprint density at radius 2 is 1.66 bits per heavy atom. The molecule has 0 atom stereocenters. The lowest BCUT2D eigenvalue weighted by atomic mass is 10.2. The fourth-order valence-electron chi connectivity index (χ4n) is 2.44. The summed E-state index contributed by atoms with van der Waals surface area (Å²) < 4.78 is 39.2. The minimum Gasteiger partial charge on any atom is -0.340 e. The Bertz CT molecular complexity index is 1020. The van der Waals surface area contributed by atoms with Crippen LogP contribution in [0.4, 0.5) is 24.7 Å². The molecule has 0 unspecified atom stereocenters. The van der Waals surface area contributed by atoms with Crippen molar-refractivity contribution in [2.75, 3.05) is 5.32 Å². The standard InChI is InChI=1S/C19H13Cl3F3N3S/c1-10-7-17(27-11-5-6-16(22)13(8-11)19(23,24)25)28-18(26-10)29-9-12-14(20)3-2-4-15(12)21/h2-8H,9H2,1H3,(H,26,27,28). The van der Waals surface area contributed by atoms with E-state index in [4.69, 9.17) is 34.8 Å². The molecule has 0 fully saturated rings. The summed E-state index contributed by atoms with van der Waals surface area (Å²) in [5.74, 6) is 0.807. The minimum atomic E-state index is -4.55. The van der Waals surface area contributed by atoms with Crippen molar-refractivity contribution in [1.29, 1.82) is 0 Å². The molecule has 0 radical (unpaired) electrons. The number of aromatic nitrogens is 2. The predicted octanol–water partition coefficient (Wildman–Crippen LogP) is 7.80. The van der Waals surface area contributed by atoms with Gasteiger partial charge in [-0.2, -0.15) is 13.2 Å². The fraction of sp³-hybridized carbons (Fsp3) is 0.158. The number of benzene rings is 2. The number of rotatable bonds is 5. The summed E-state index contributed by atoms with van der Waals surface area (Å²) >= 11 is 19.3. The largest absolute Gasteiger partial charge is 0.417 e. The topological polar surface area (TPSA) is 37.8 Å². The summed E-state index contributed by atoms with van der Waals surface area (Å²) in [5, 5.41) is 4.02. The third kappa shape index (κ3) is 5.69. The number of nitrogens with zero attached hydrogens (tertiary/aromatic N) is 2. The summed E-state index contributed by atoms with van der Waals surface area (Å²) in [5.41, 5.74) is 0.705. The Kier molecular flexibility index (Phi) is 6.83. The van der Waals surface area contributed by atoms with Crippen LogP contribution in [-0.2, 0) is 11.9 Å². The van der Waals surface area contributed by atoms with Crippen LogP contribution >= 0.6 is 46.6 Å². The second kappa shape index (κ2) is 9.00. The molecule has 0 bridgehead atoms. The molecule has 1 heterocycles. The monoisotopic (exact) mass is 477 g/mol. The molecule has 0 aliphatic carbocycles. The highest BCUT2D eigenvalue weighted by molar-refractivity contribution is 7.98. The molecular formula is C19H13Cl3F3N3S. The van der Waals surface area contributed by atoms with Crippen molar-refractivity contribution < 1.29 is 13.2 Å². The lowest BCUT2D eigenvalue weighted by Crippen LogP contribution is -2.07. The van der Waals surface area contributed by atoms with E-state index in [-0.39, 0.29) is 10.7 Å². The zero-order valence-electron chi connectivity index (χ0n) is 14.8. The number of hydrogen-bond donors (Lipinski definition) is 1. The highest BCUT2D eigenvalue weighted by Crippen LogP contribution is 2.37. The summed E-state index contributed by atoms with van der Waals surface area (Å²) in [7, 11) is 0. The van der Waals surface area contributed by atoms with Crippen LogP contribution in [0, 0.1) is 6.92 Å². The summed E-state index contributed by atoms with van der Waals surface area (Å²) in [6.07, 6.45) is -4.55. The van der Waals surface area contributed by atoms with E-state index < -0.39 is 11.7 Å². The predicted molar refractivity (Wildman–Crippen MR) is 113 cm³/mol. The Morgan fingerprint density at radius 3 is 2.31 bits per heavy atom. The molecule has 0 aliphatic rings. The van der Waals surface area contributed by atoms with Crippen molar-refractivity contribution in [3.8, 4) is 0 Å². The molecule has 3 aromatic rings. The zero-order chi connectivity index (χ0) is 21.2. The molecule has 3 nitrogen and oxygen atoms in total. The lowest BCUT2D eigenvalue weighted by Gasteiger charge is -2.13. The number of alkyl halides is 3. The van der Waals surface area contributed by atoms with Crippen molar-refractivity contribution in [3.05, 3.63) is 74.4 Å². The summed E-state index contributed by atoms with van der Waals surface area (Å²) in [6, 6.07) is 10.5. The fourth-order valence-corrected chi connectivity index (χ4v) is 4.32. The van der Waals surface area contributed by atoms with Gasteiger partial charge in [-0.3, -0.25) is 0 Å². The normalized spacial score (nSPS) is 11.6. The maximum Gasteiger partial charge on any atom is 0.417 e. The Balaban J connectivity index is 1.81. The van der Waals surface area contributed by atoms with E-state index in [0.717, 1.165) is 11.6 Å². The van der Waals surface area contributed by atoms with Crippen LogP contribution in [0.25, 0.3) is 0 Å². The average Bonchev–Trinajstić information content (AvgIpc) is 2.61. The zero-order valence-corrected chi connectivity index (χ0v) is 17.9. The van der Waals surface area contributed by atoms with Gasteiger partial charge in [0.15, 0.2) is 5.16 Å². The Morgan fingerprint density at radius 1 is 0.966 bits per heavy atom. The first kappa shape index (κ1) is 22.0. The van der Waals surface area contributed by atoms with Gasteiger partial charge in [-0.25, -0.2) is 9.97 Å². The van der Waals surface area contributed by atoms with Crippen molar-refractivity contribution >= 4 is 58.1 Å². The van der Waals surface area contributed by atoms with Crippen molar-refractivity contribution in [2.45, 2.75) is 24.0 Å². The molecule has 1 N–H and O–H groups in total. The quantitative estimate of drug-likeness (QED) is 0.300. The number of hydrogen-bond acceptors (Lipinski definition) is 4. The first-order valence-electron chi connectivity index (χ1n) is 8.18. The third-order valence-corrected chi connectivity index (χ3v) is 5.70. The number of nitrogens with one attached hydrogen (secondary N) is 1. The molecule has 10 heteroatoms. The maximum absolute atomic E-state index is 13.1. The molecule has 0 saturated carbocycles. The van der Waals surface area contributed by atoms with E-state index in [1.807, 2.05) is 0 Å². The molecule has 152 valence electrons. The van der Waals surface area contributed by atoms with E-state index >= 15 is 0 Å². The van der Waals surface area contributed by atoms with E-state index in [9.17, 15) is 13.2 Å². The molecule has 29 heavy (non-hydrogen) atoms. The van der Waals surface area contributed by atoms with Gasteiger partial charge in [0.25, 0.3) is 0 Å². The van der Waals surface area contributed by atoms with Crippen molar-refractivity contribution in [1.82, 2.24) is 9.97 Å². The van der Waals surface area contributed by atoms with Crippen LogP contribution in [0.15, 0.2) is 47.6 Å². The van der Waals surface area contributed by atoms with Crippen LogP contribution < -0.4 is 5.32 Å². The number of halogens is 6. The lowest BCUT2D eigenvalue weighted by molar-refractivity contribution is -0.137. The Hall–Kier alpha value is -1.67. The SMILES string of the molecule is Cc1cc(Nc2ccc(Cl)c(C(F)(F)F)c2)nc(SCc2c(Cl)cccc2Cl)n1. The van der Waals surface area contributed by atoms with Gasteiger partial charge in [-0.1, -0.05) is 52.6 Å². The smallest absolute Gasteiger partial charge is 0.340 e. The van der Waals surface area contributed by atoms with Gasteiger partial charge in [-0.15, -0.1) is 0 Å². The van der Waals surface area contributed by atoms with E-state index in [1.165, 1.54) is 23.9 Å². The van der Waals surface area contributed by atoms with Gasteiger partial charge < -0.3 is 5.32 Å². The van der Waals surface area contributed by atoms with Gasteiger partial charge in [0.2, 0.25) is 0 Å². The molecule has 0 spiro atoms. The van der Waals surface area contributed by atoms with Gasteiger partial charge in [-0.05, 0) is 42.8 Å². The highest BCUT2D eigenvalue weighted by Gasteiger charge is 2.33. The molecule has 3 rings (SSSR count). The van der Waals surface area contributed by atoms with E-state index in [0.29, 0.717) is 32.5 Å². The number of aryl methyl sites for hydroxylation is 1. The van der Waals surface area contributed by atoms with Crippen LogP contribution in [-0.4, -0.2) is 9.97 Å². The Labute approximate surface area is 184 Å². The first-order valence-corrected chi connectivity index (χ1v) is 10.3. The second-order valence-corrected chi connectivity index (χ2v) is 8.15. The van der Waals surface area contributed by atoms with Gasteiger partial charge in [0.1, 0.15) is 5.82 Å². The average molecular weight is 479 g/mol. The van der Waals surface area contributed by atoms with Gasteiger partial charge >= 0.3 is 6.18 Å². The molecule has 2 aromatic carbocycles. The minimum absolute atomic E-state index is 0.213.